The van der Waals surface area contributed by atoms with E-state index >= 15 is 0 Å². The van der Waals surface area contributed by atoms with Crippen molar-refractivity contribution in [3.05, 3.63) is 12.2 Å². The monoisotopic (exact) mass is 452 g/mol. The van der Waals surface area contributed by atoms with E-state index in [0.29, 0.717) is 6.61 Å². The zero-order valence-corrected chi connectivity index (χ0v) is 22.4. The molecule has 0 aliphatic carbocycles. The van der Waals surface area contributed by atoms with Gasteiger partial charge < -0.3 is 24.2 Å². The second kappa shape index (κ2) is 14.6. The van der Waals surface area contributed by atoms with Crippen molar-refractivity contribution in [1.82, 2.24) is 0 Å². The Labute approximate surface area is 175 Å². The quantitative estimate of drug-likeness (QED) is 0.224. The minimum absolute atomic E-state index is 0.176. The van der Waals surface area contributed by atoms with Gasteiger partial charge in [0.05, 0.1) is 12.7 Å². The average Bonchev–Trinajstić information content (AvgIpc) is 2.51. The summed E-state index contributed by atoms with van der Waals surface area (Å²) in [6.07, 6.45) is 0.839. The number of ether oxygens (including phenoxy) is 1. The van der Waals surface area contributed by atoms with Crippen LogP contribution < -0.4 is 0 Å². The fraction of sp³-hybridized carbons (Fsp3) is 0.842. The van der Waals surface area contributed by atoms with Gasteiger partial charge in [0.2, 0.25) is 0 Å². The molecule has 6 nitrogen and oxygen atoms in total. The minimum atomic E-state index is -1.41. The Balaban J connectivity index is 0. The number of rotatable bonds is 13. The maximum absolute atomic E-state index is 9.91. The second-order valence-corrected chi connectivity index (χ2v) is 22.5. The minimum Gasteiger partial charge on any atom is -0.478 e. The van der Waals surface area contributed by atoms with Gasteiger partial charge in [0.15, 0.2) is 17.4 Å². The molecule has 0 aliphatic rings. The summed E-state index contributed by atoms with van der Waals surface area (Å²) in [5.41, 5.74) is 0.176. The van der Waals surface area contributed by atoms with Crippen molar-refractivity contribution >= 4 is 31.4 Å². The SMILES string of the molecule is C=C(C)C(=O)O.C[SiH](CCCOC(CC[Si](C)(C)C)C(O)CO)O[Si](C)(C)C. The van der Waals surface area contributed by atoms with E-state index in [2.05, 4.69) is 52.4 Å². The normalized spacial score (nSPS) is 15.2. The predicted octanol–water partition coefficient (Wildman–Crippen LogP) is 3.70. The zero-order chi connectivity index (χ0) is 22.5. The van der Waals surface area contributed by atoms with Crippen LogP contribution in [0.4, 0.5) is 0 Å². The largest absolute Gasteiger partial charge is 0.478 e. The Morgan fingerprint density at radius 2 is 1.68 bits per heavy atom. The highest BCUT2D eigenvalue weighted by Crippen LogP contribution is 2.18. The number of carboxylic acids is 1. The van der Waals surface area contributed by atoms with E-state index in [4.69, 9.17) is 14.0 Å². The van der Waals surface area contributed by atoms with Gasteiger partial charge >= 0.3 is 5.97 Å². The maximum atomic E-state index is 9.91. The topological polar surface area (TPSA) is 96.2 Å². The number of carbonyl (C=O) groups is 1. The molecule has 3 unspecified atom stereocenters. The van der Waals surface area contributed by atoms with Crippen LogP contribution in [-0.2, 0) is 13.6 Å². The molecule has 0 fully saturated rings. The van der Waals surface area contributed by atoms with Crippen LogP contribution in [0, 0.1) is 0 Å². The van der Waals surface area contributed by atoms with Crippen LogP contribution in [0.2, 0.25) is 57.9 Å². The van der Waals surface area contributed by atoms with E-state index in [1.54, 1.807) is 0 Å². The third-order valence-electron chi connectivity index (χ3n) is 3.80. The van der Waals surface area contributed by atoms with Gasteiger partial charge in [0.1, 0.15) is 6.10 Å². The summed E-state index contributed by atoms with van der Waals surface area (Å²) in [5, 5.41) is 27.0. The molecule has 0 rings (SSSR count). The van der Waals surface area contributed by atoms with Gasteiger partial charge in [0, 0.05) is 20.3 Å². The van der Waals surface area contributed by atoms with Crippen molar-refractivity contribution in [3.8, 4) is 0 Å². The van der Waals surface area contributed by atoms with Crippen LogP contribution in [0.15, 0.2) is 12.2 Å². The second-order valence-electron chi connectivity index (χ2n) is 9.53. The molecule has 28 heavy (non-hydrogen) atoms. The lowest BCUT2D eigenvalue weighted by molar-refractivity contribution is -0.132. The Bertz CT molecular complexity index is 434. The van der Waals surface area contributed by atoms with E-state index in [1.807, 2.05) is 0 Å². The number of aliphatic hydroxyl groups is 2. The van der Waals surface area contributed by atoms with Crippen LogP contribution in [0.3, 0.4) is 0 Å². The first-order chi connectivity index (χ1) is 12.6. The number of carboxylic acid groups (broad SMARTS) is 1. The fourth-order valence-corrected chi connectivity index (χ4v) is 9.54. The van der Waals surface area contributed by atoms with Crippen molar-refractivity contribution in [2.45, 2.75) is 89.9 Å². The highest BCUT2D eigenvalue weighted by atomic mass is 28.4. The van der Waals surface area contributed by atoms with Crippen molar-refractivity contribution in [1.29, 1.82) is 0 Å². The number of hydrogen-bond donors (Lipinski definition) is 3. The van der Waals surface area contributed by atoms with Crippen molar-refractivity contribution in [2.24, 2.45) is 0 Å². The Morgan fingerprint density at radius 3 is 2.04 bits per heavy atom. The van der Waals surface area contributed by atoms with Crippen LogP contribution in [0.5, 0.6) is 0 Å². The standard InChI is InChI=1S/C15H38O4Si3.C4H6O2/c1-20(19-22(5,6)7)11-8-10-18-15(14(17)13-16)9-12-21(2,3)4;1-3(2)4(5)6/h14-17,20H,8-13H2,1-7H3;1H2,2H3,(H,5,6). The summed E-state index contributed by atoms with van der Waals surface area (Å²) in [6, 6.07) is 2.22. The smallest absolute Gasteiger partial charge is 0.330 e. The Kier molecular flexibility index (Phi) is 15.6. The molecule has 0 saturated carbocycles. The van der Waals surface area contributed by atoms with Gasteiger partial charge in [-0.2, -0.15) is 0 Å². The fourth-order valence-electron chi connectivity index (χ4n) is 2.35. The molecule has 0 aromatic carbocycles. The molecule has 0 heterocycles. The third kappa shape index (κ3) is 20.4. The van der Waals surface area contributed by atoms with Crippen molar-refractivity contribution in [2.75, 3.05) is 13.2 Å². The summed E-state index contributed by atoms with van der Waals surface area (Å²) in [5.74, 6) is -0.935. The summed E-state index contributed by atoms with van der Waals surface area (Å²) in [4.78, 5) is 9.60. The van der Waals surface area contributed by atoms with E-state index < -0.39 is 37.5 Å². The van der Waals surface area contributed by atoms with Crippen LogP contribution in [0.1, 0.15) is 19.8 Å². The lowest BCUT2D eigenvalue weighted by atomic mass is 10.1. The summed E-state index contributed by atoms with van der Waals surface area (Å²) >= 11 is 0. The van der Waals surface area contributed by atoms with Crippen molar-refractivity contribution in [3.63, 3.8) is 0 Å². The molecule has 0 amide bonds. The molecule has 168 valence electrons. The van der Waals surface area contributed by atoms with E-state index in [9.17, 15) is 15.0 Å². The van der Waals surface area contributed by atoms with Gasteiger partial charge in [0.25, 0.3) is 0 Å². The first kappa shape index (κ1) is 29.9. The summed E-state index contributed by atoms with van der Waals surface area (Å²) in [7, 11) is -3.65. The molecular formula is C19H44O6Si3. The molecule has 3 N–H and O–H groups in total. The molecule has 0 bridgehead atoms. The molecule has 0 saturated heterocycles. The van der Waals surface area contributed by atoms with Crippen LogP contribution >= 0.6 is 0 Å². The third-order valence-corrected chi connectivity index (χ3v) is 11.2. The van der Waals surface area contributed by atoms with Crippen LogP contribution in [0.25, 0.3) is 0 Å². The van der Waals surface area contributed by atoms with E-state index in [1.165, 1.54) is 6.92 Å². The van der Waals surface area contributed by atoms with Gasteiger partial charge in [-0.1, -0.05) is 32.3 Å². The molecule has 0 aromatic heterocycles. The lowest BCUT2D eigenvalue weighted by Crippen LogP contribution is -2.35. The highest BCUT2D eigenvalue weighted by Gasteiger charge is 2.23. The van der Waals surface area contributed by atoms with Gasteiger partial charge in [-0.05, 0) is 52.0 Å². The average molecular weight is 453 g/mol. The van der Waals surface area contributed by atoms with E-state index in [0.717, 1.165) is 24.9 Å². The zero-order valence-electron chi connectivity index (χ0n) is 19.2. The van der Waals surface area contributed by atoms with Crippen LogP contribution in [-0.4, -0.2) is 72.1 Å². The maximum Gasteiger partial charge on any atom is 0.330 e. The molecule has 0 aromatic rings. The molecule has 0 spiro atoms. The first-order valence-corrected chi connectivity index (χ1v) is 19.6. The molecule has 9 heteroatoms. The number of aliphatic hydroxyl groups excluding tert-OH is 2. The highest BCUT2D eigenvalue weighted by molar-refractivity contribution is 6.77. The molecule has 0 radical (unpaired) electrons. The molecular weight excluding hydrogens is 408 g/mol. The number of aliphatic carboxylic acids is 1. The van der Waals surface area contributed by atoms with Crippen molar-refractivity contribution < 1.29 is 29.0 Å². The summed E-state index contributed by atoms with van der Waals surface area (Å²) < 4.78 is 12.0. The van der Waals surface area contributed by atoms with Gasteiger partial charge in [-0.25, -0.2) is 4.79 Å². The molecule has 3 atom stereocenters. The van der Waals surface area contributed by atoms with Gasteiger partial charge in [-0.3, -0.25) is 0 Å². The molecule has 0 aliphatic heterocycles. The lowest BCUT2D eigenvalue weighted by Gasteiger charge is -2.26. The Hall–Kier alpha value is -0.299. The number of hydrogen-bond acceptors (Lipinski definition) is 5. The van der Waals surface area contributed by atoms with E-state index in [-0.39, 0.29) is 18.3 Å². The van der Waals surface area contributed by atoms with Gasteiger partial charge in [-0.15, -0.1) is 0 Å². The summed E-state index contributed by atoms with van der Waals surface area (Å²) in [6.45, 7) is 20.9. The Morgan fingerprint density at radius 1 is 1.18 bits per heavy atom. The predicted molar refractivity (Wildman–Crippen MR) is 125 cm³/mol. The first-order valence-electron chi connectivity index (χ1n) is 10.1.